The third kappa shape index (κ3) is 4.24. The number of carbonyl (C=O) groups excluding carboxylic acids is 2. The minimum Gasteiger partial charge on any atom is -0.497 e. The van der Waals surface area contributed by atoms with Crippen LogP contribution < -0.4 is 4.74 Å². The van der Waals surface area contributed by atoms with E-state index in [0.29, 0.717) is 37.9 Å². The van der Waals surface area contributed by atoms with Crippen molar-refractivity contribution in [3.8, 4) is 5.75 Å². The second-order valence-electron chi connectivity index (χ2n) is 6.29. The fourth-order valence-electron chi connectivity index (χ4n) is 3.17. The summed E-state index contributed by atoms with van der Waals surface area (Å²) in [5, 5.41) is 0. The summed E-state index contributed by atoms with van der Waals surface area (Å²) in [4.78, 5) is 30.8. The van der Waals surface area contributed by atoms with Gasteiger partial charge in [-0.25, -0.2) is 0 Å². The lowest BCUT2D eigenvalue weighted by molar-refractivity contribution is -0.131. The number of carbonyl (C=O) groups is 2. The Morgan fingerprint density at radius 3 is 2.48 bits per heavy atom. The van der Waals surface area contributed by atoms with Crippen LogP contribution in [0.3, 0.4) is 0 Å². The van der Waals surface area contributed by atoms with Crippen LogP contribution in [0.4, 0.5) is 0 Å². The second-order valence-corrected chi connectivity index (χ2v) is 6.29. The van der Waals surface area contributed by atoms with Gasteiger partial charge in [-0.3, -0.25) is 14.6 Å². The molecule has 5 nitrogen and oxygen atoms in total. The largest absolute Gasteiger partial charge is 0.497 e. The van der Waals surface area contributed by atoms with Crippen LogP contribution in [-0.4, -0.2) is 41.8 Å². The molecule has 25 heavy (non-hydrogen) atoms. The number of Topliss-reactive ketones (excluding diaryl/α,β-unsaturated/α-hetero) is 1. The molecule has 3 rings (SSSR count). The Balaban J connectivity index is 1.53. The van der Waals surface area contributed by atoms with Crippen molar-refractivity contribution in [1.82, 2.24) is 9.88 Å². The van der Waals surface area contributed by atoms with Gasteiger partial charge in [0.25, 0.3) is 0 Å². The second kappa shape index (κ2) is 7.92. The third-order valence-corrected chi connectivity index (χ3v) is 4.68. The summed E-state index contributed by atoms with van der Waals surface area (Å²) in [6, 6.07) is 11.1. The zero-order valence-electron chi connectivity index (χ0n) is 14.4. The van der Waals surface area contributed by atoms with E-state index in [1.165, 1.54) is 0 Å². The quantitative estimate of drug-likeness (QED) is 0.787. The number of ether oxygens (including phenoxy) is 1. The molecule has 1 saturated heterocycles. The standard InChI is InChI=1S/C20H22N2O3/c1-25-18-6-4-15(5-7-18)13-19(23)22-11-8-16(9-12-22)20(24)17-3-2-10-21-14-17/h2-7,10,14,16H,8-9,11-13H2,1H3. The number of hydrogen-bond donors (Lipinski definition) is 0. The molecule has 1 aromatic heterocycles. The summed E-state index contributed by atoms with van der Waals surface area (Å²) in [6.07, 6.45) is 5.08. The van der Waals surface area contributed by atoms with E-state index < -0.39 is 0 Å². The van der Waals surface area contributed by atoms with Gasteiger partial charge in [0.15, 0.2) is 5.78 Å². The number of pyridine rings is 1. The molecule has 0 unspecified atom stereocenters. The predicted octanol–water partition coefficient (Wildman–Crippen LogP) is 2.75. The van der Waals surface area contributed by atoms with Crippen LogP contribution in [0.2, 0.25) is 0 Å². The highest BCUT2D eigenvalue weighted by atomic mass is 16.5. The van der Waals surface area contributed by atoms with Crippen LogP contribution in [0, 0.1) is 5.92 Å². The fraction of sp³-hybridized carbons (Fsp3) is 0.350. The maximum Gasteiger partial charge on any atom is 0.226 e. The van der Waals surface area contributed by atoms with Crippen molar-refractivity contribution >= 4 is 11.7 Å². The van der Waals surface area contributed by atoms with Crippen LogP contribution in [0.5, 0.6) is 5.75 Å². The summed E-state index contributed by atoms with van der Waals surface area (Å²) in [6.45, 7) is 1.26. The molecule has 1 aromatic carbocycles. The van der Waals surface area contributed by atoms with Crippen LogP contribution in [0.15, 0.2) is 48.8 Å². The Hall–Kier alpha value is -2.69. The Morgan fingerprint density at radius 1 is 1.16 bits per heavy atom. The number of hydrogen-bond acceptors (Lipinski definition) is 4. The lowest BCUT2D eigenvalue weighted by Crippen LogP contribution is -2.41. The minimum atomic E-state index is -0.0192. The summed E-state index contributed by atoms with van der Waals surface area (Å²) in [5.74, 6) is 1.01. The highest BCUT2D eigenvalue weighted by Crippen LogP contribution is 2.22. The molecule has 0 saturated carbocycles. The molecule has 0 N–H and O–H groups in total. The number of ketones is 1. The Bertz CT molecular complexity index is 720. The van der Waals surface area contributed by atoms with E-state index in [1.807, 2.05) is 29.2 Å². The molecule has 0 spiro atoms. The minimum absolute atomic E-state index is 0.0192. The first-order valence-corrected chi connectivity index (χ1v) is 8.52. The van der Waals surface area contributed by atoms with E-state index in [-0.39, 0.29) is 17.6 Å². The topological polar surface area (TPSA) is 59.5 Å². The predicted molar refractivity (Wildman–Crippen MR) is 94.6 cm³/mol. The van der Waals surface area contributed by atoms with Crippen molar-refractivity contribution < 1.29 is 14.3 Å². The van der Waals surface area contributed by atoms with Gasteiger partial charge in [0, 0.05) is 37.0 Å². The van der Waals surface area contributed by atoms with E-state index in [0.717, 1.165) is 11.3 Å². The number of nitrogens with zero attached hydrogens (tertiary/aromatic N) is 2. The van der Waals surface area contributed by atoms with E-state index in [9.17, 15) is 9.59 Å². The molecule has 0 radical (unpaired) electrons. The summed E-state index contributed by atoms with van der Waals surface area (Å²) in [7, 11) is 1.62. The lowest BCUT2D eigenvalue weighted by Gasteiger charge is -2.31. The number of rotatable bonds is 5. The number of piperidine rings is 1. The molecular weight excluding hydrogens is 316 g/mol. The first-order chi connectivity index (χ1) is 12.2. The van der Waals surface area contributed by atoms with Crippen molar-refractivity contribution in [2.75, 3.05) is 20.2 Å². The molecule has 2 aromatic rings. The van der Waals surface area contributed by atoms with Crippen LogP contribution in [0.1, 0.15) is 28.8 Å². The summed E-state index contributed by atoms with van der Waals surface area (Å²) >= 11 is 0. The van der Waals surface area contributed by atoms with Crippen molar-refractivity contribution in [3.05, 3.63) is 59.9 Å². The summed E-state index contributed by atoms with van der Waals surface area (Å²) < 4.78 is 5.13. The normalized spacial score (nSPS) is 15.0. The van der Waals surface area contributed by atoms with E-state index >= 15 is 0 Å². The molecule has 130 valence electrons. The molecular formula is C20H22N2O3. The highest BCUT2D eigenvalue weighted by molar-refractivity contribution is 5.97. The van der Waals surface area contributed by atoms with E-state index in [1.54, 1.807) is 31.6 Å². The van der Waals surface area contributed by atoms with Crippen LogP contribution >= 0.6 is 0 Å². The SMILES string of the molecule is COc1ccc(CC(=O)N2CCC(C(=O)c3cccnc3)CC2)cc1. The number of benzene rings is 1. The molecule has 5 heteroatoms. The van der Waals surface area contributed by atoms with Crippen molar-refractivity contribution in [2.24, 2.45) is 5.92 Å². The van der Waals surface area contributed by atoms with Gasteiger partial charge in [-0.15, -0.1) is 0 Å². The Morgan fingerprint density at radius 2 is 1.88 bits per heavy atom. The summed E-state index contributed by atoms with van der Waals surface area (Å²) in [5.41, 5.74) is 1.63. The number of methoxy groups -OCH3 is 1. The molecule has 0 bridgehead atoms. The Labute approximate surface area is 147 Å². The average Bonchev–Trinajstić information content (AvgIpc) is 2.69. The van der Waals surface area contributed by atoms with Crippen molar-refractivity contribution in [2.45, 2.75) is 19.3 Å². The molecule has 0 atom stereocenters. The fourth-order valence-corrected chi connectivity index (χ4v) is 3.17. The first-order valence-electron chi connectivity index (χ1n) is 8.52. The van der Waals surface area contributed by atoms with Crippen molar-refractivity contribution in [1.29, 1.82) is 0 Å². The molecule has 0 aliphatic carbocycles. The lowest BCUT2D eigenvalue weighted by atomic mass is 9.89. The van der Waals surface area contributed by atoms with Crippen molar-refractivity contribution in [3.63, 3.8) is 0 Å². The monoisotopic (exact) mass is 338 g/mol. The van der Waals surface area contributed by atoms with E-state index in [4.69, 9.17) is 4.74 Å². The van der Waals surface area contributed by atoms with Crippen LogP contribution in [0.25, 0.3) is 0 Å². The number of aromatic nitrogens is 1. The smallest absolute Gasteiger partial charge is 0.226 e. The van der Waals surface area contributed by atoms with Gasteiger partial charge in [0.2, 0.25) is 5.91 Å². The maximum absolute atomic E-state index is 12.5. The number of likely N-dealkylation sites (tertiary alicyclic amines) is 1. The third-order valence-electron chi connectivity index (χ3n) is 4.68. The molecule has 1 amide bonds. The number of amides is 1. The maximum atomic E-state index is 12.5. The van der Waals surface area contributed by atoms with Gasteiger partial charge in [0.1, 0.15) is 5.75 Å². The zero-order valence-corrected chi connectivity index (χ0v) is 14.4. The zero-order chi connectivity index (χ0) is 17.6. The highest BCUT2D eigenvalue weighted by Gasteiger charge is 2.27. The van der Waals surface area contributed by atoms with Gasteiger partial charge in [-0.2, -0.15) is 0 Å². The Kier molecular flexibility index (Phi) is 5.43. The average molecular weight is 338 g/mol. The molecule has 1 aliphatic heterocycles. The first kappa shape index (κ1) is 17.1. The molecule has 1 fully saturated rings. The van der Waals surface area contributed by atoms with Gasteiger partial charge >= 0.3 is 0 Å². The van der Waals surface area contributed by atoms with Gasteiger partial charge in [0.05, 0.1) is 13.5 Å². The van der Waals surface area contributed by atoms with E-state index in [2.05, 4.69) is 4.98 Å². The van der Waals surface area contributed by atoms with Gasteiger partial charge < -0.3 is 9.64 Å². The van der Waals surface area contributed by atoms with Crippen LogP contribution in [-0.2, 0) is 11.2 Å². The van der Waals surface area contributed by atoms with Gasteiger partial charge in [-0.1, -0.05) is 12.1 Å². The molecule has 1 aliphatic rings. The molecule has 2 heterocycles. The van der Waals surface area contributed by atoms with Gasteiger partial charge in [-0.05, 0) is 42.7 Å².